The number of nitrogens with zero attached hydrogens (tertiary/aromatic N) is 1. The molecular formula is C26H29Cl2NO2. The number of aliphatic hydroxyl groups excluding tert-OH is 1. The smallest absolute Gasteiger partial charge is 0.229 e. The van der Waals surface area contributed by atoms with Gasteiger partial charge in [-0.1, -0.05) is 60.5 Å². The number of amides is 1. The minimum absolute atomic E-state index is 0.0348. The third kappa shape index (κ3) is 4.41. The minimum Gasteiger partial charge on any atom is -0.394 e. The third-order valence-electron chi connectivity index (χ3n) is 6.90. The summed E-state index contributed by atoms with van der Waals surface area (Å²) in [4.78, 5) is 16.0. The van der Waals surface area contributed by atoms with Crippen LogP contribution in [0.3, 0.4) is 0 Å². The van der Waals surface area contributed by atoms with Crippen molar-refractivity contribution in [3.63, 3.8) is 0 Å². The SMILES string of the molecule is C=CC[C@@]1(C)CC(c2cccc(Cl)c2)C(c2ccc(Cl)cc2)N(C(CO)C2CC2)C1=O. The van der Waals surface area contributed by atoms with Crippen molar-refractivity contribution in [2.45, 2.75) is 50.6 Å². The highest BCUT2D eigenvalue weighted by atomic mass is 35.5. The molecule has 3 nitrogen and oxygen atoms in total. The molecule has 1 amide bonds. The molecule has 0 radical (unpaired) electrons. The summed E-state index contributed by atoms with van der Waals surface area (Å²) in [5.41, 5.74) is 1.55. The van der Waals surface area contributed by atoms with Gasteiger partial charge in [-0.25, -0.2) is 0 Å². The van der Waals surface area contributed by atoms with Gasteiger partial charge in [0.05, 0.1) is 24.1 Å². The maximum Gasteiger partial charge on any atom is 0.229 e. The number of halogens is 2. The van der Waals surface area contributed by atoms with Crippen LogP contribution in [0.25, 0.3) is 0 Å². The number of hydrogen-bond acceptors (Lipinski definition) is 2. The Hall–Kier alpha value is -1.81. The molecule has 1 aliphatic carbocycles. The Morgan fingerprint density at radius 2 is 1.87 bits per heavy atom. The van der Waals surface area contributed by atoms with Crippen molar-refractivity contribution in [3.05, 3.63) is 82.4 Å². The van der Waals surface area contributed by atoms with Crippen molar-refractivity contribution in [2.75, 3.05) is 6.61 Å². The summed E-state index contributed by atoms with van der Waals surface area (Å²) in [7, 11) is 0. The van der Waals surface area contributed by atoms with E-state index in [2.05, 4.69) is 12.6 Å². The number of piperidine rings is 1. The van der Waals surface area contributed by atoms with Crippen LogP contribution < -0.4 is 0 Å². The maximum absolute atomic E-state index is 14.0. The molecule has 2 fully saturated rings. The number of carbonyl (C=O) groups excluding carboxylic acids is 1. The van der Waals surface area contributed by atoms with Crippen LogP contribution in [0.15, 0.2) is 61.2 Å². The van der Waals surface area contributed by atoms with Crippen LogP contribution in [0.1, 0.15) is 55.7 Å². The fourth-order valence-electron chi connectivity index (χ4n) is 5.20. The summed E-state index contributed by atoms with van der Waals surface area (Å²) in [6.07, 6.45) is 5.20. The Bertz CT molecular complexity index is 956. The lowest BCUT2D eigenvalue weighted by Gasteiger charge is -2.52. The number of allylic oxidation sites excluding steroid dienone is 1. The van der Waals surface area contributed by atoms with Crippen LogP contribution in [0, 0.1) is 11.3 Å². The number of carbonyl (C=O) groups is 1. The van der Waals surface area contributed by atoms with Crippen LogP contribution in [-0.4, -0.2) is 28.6 Å². The second kappa shape index (κ2) is 8.97. The molecular weight excluding hydrogens is 429 g/mol. The Labute approximate surface area is 194 Å². The van der Waals surface area contributed by atoms with Crippen LogP contribution >= 0.6 is 23.2 Å². The van der Waals surface area contributed by atoms with Gasteiger partial charge in [0, 0.05) is 16.0 Å². The summed E-state index contributed by atoms with van der Waals surface area (Å²) in [6, 6.07) is 15.3. The van der Waals surface area contributed by atoms with E-state index in [0.717, 1.165) is 24.0 Å². The molecule has 1 heterocycles. The first kappa shape index (κ1) is 22.4. The Balaban J connectivity index is 1.89. The molecule has 0 aromatic heterocycles. The first-order valence-electron chi connectivity index (χ1n) is 10.9. The van der Waals surface area contributed by atoms with E-state index in [1.807, 2.05) is 60.4 Å². The first-order valence-corrected chi connectivity index (χ1v) is 11.7. The van der Waals surface area contributed by atoms with Crippen molar-refractivity contribution in [1.82, 2.24) is 4.90 Å². The van der Waals surface area contributed by atoms with Gasteiger partial charge in [0.15, 0.2) is 0 Å². The predicted octanol–water partition coefficient (Wildman–Crippen LogP) is 6.40. The summed E-state index contributed by atoms with van der Waals surface area (Å²) < 4.78 is 0. The summed E-state index contributed by atoms with van der Waals surface area (Å²) in [5.74, 6) is 0.474. The molecule has 4 rings (SSSR count). The molecule has 1 saturated carbocycles. The van der Waals surface area contributed by atoms with Gasteiger partial charge in [0.2, 0.25) is 5.91 Å². The van der Waals surface area contributed by atoms with Gasteiger partial charge < -0.3 is 10.0 Å². The fraction of sp³-hybridized carbons (Fsp3) is 0.423. The van der Waals surface area contributed by atoms with E-state index in [4.69, 9.17) is 23.2 Å². The number of rotatable bonds is 7. The highest BCUT2D eigenvalue weighted by Gasteiger charge is 2.53. The molecule has 2 aromatic carbocycles. The summed E-state index contributed by atoms with van der Waals surface area (Å²) in [6.45, 7) is 5.91. The van der Waals surface area contributed by atoms with E-state index in [-0.39, 0.29) is 30.5 Å². The summed E-state index contributed by atoms with van der Waals surface area (Å²) in [5, 5.41) is 11.7. The zero-order chi connectivity index (χ0) is 22.2. The predicted molar refractivity (Wildman–Crippen MR) is 126 cm³/mol. The van der Waals surface area contributed by atoms with E-state index in [1.54, 1.807) is 0 Å². The molecule has 2 aromatic rings. The zero-order valence-corrected chi connectivity index (χ0v) is 19.3. The molecule has 1 aliphatic heterocycles. The van der Waals surface area contributed by atoms with Gasteiger partial charge in [-0.3, -0.25) is 4.79 Å². The lowest BCUT2D eigenvalue weighted by Crippen LogP contribution is -2.57. The normalized spacial score (nSPS) is 27.2. The Kier molecular flexibility index (Phi) is 6.48. The van der Waals surface area contributed by atoms with Crippen LogP contribution in [0.5, 0.6) is 0 Å². The lowest BCUT2D eigenvalue weighted by molar-refractivity contribution is -0.156. The monoisotopic (exact) mass is 457 g/mol. The quantitative estimate of drug-likeness (QED) is 0.488. The van der Waals surface area contributed by atoms with Gasteiger partial charge in [-0.15, -0.1) is 6.58 Å². The van der Waals surface area contributed by atoms with Crippen molar-refractivity contribution in [3.8, 4) is 0 Å². The number of benzene rings is 2. The second-order valence-electron chi connectivity index (χ2n) is 9.22. The number of aliphatic hydroxyl groups is 1. The minimum atomic E-state index is -0.583. The number of hydrogen-bond donors (Lipinski definition) is 1. The van der Waals surface area contributed by atoms with Crippen molar-refractivity contribution < 1.29 is 9.90 Å². The van der Waals surface area contributed by atoms with Gasteiger partial charge in [0.1, 0.15) is 0 Å². The molecule has 1 saturated heterocycles. The highest BCUT2D eigenvalue weighted by molar-refractivity contribution is 6.30. The zero-order valence-electron chi connectivity index (χ0n) is 17.8. The Morgan fingerprint density at radius 1 is 1.16 bits per heavy atom. The van der Waals surface area contributed by atoms with Crippen LogP contribution in [-0.2, 0) is 4.79 Å². The molecule has 2 aliphatic rings. The molecule has 5 heteroatoms. The van der Waals surface area contributed by atoms with Crippen LogP contribution in [0.2, 0.25) is 10.0 Å². The molecule has 0 bridgehead atoms. The molecule has 164 valence electrons. The Morgan fingerprint density at radius 3 is 2.45 bits per heavy atom. The largest absolute Gasteiger partial charge is 0.394 e. The van der Waals surface area contributed by atoms with Gasteiger partial charge >= 0.3 is 0 Å². The average molecular weight is 458 g/mol. The first-order chi connectivity index (χ1) is 14.9. The highest BCUT2D eigenvalue weighted by Crippen LogP contribution is 2.53. The van der Waals surface area contributed by atoms with E-state index in [1.165, 1.54) is 0 Å². The van der Waals surface area contributed by atoms with E-state index in [9.17, 15) is 9.90 Å². The summed E-state index contributed by atoms with van der Waals surface area (Å²) >= 11 is 12.5. The van der Waals surface area contributed by atoms with Crippen molar-refractivity contribution in [2.24, 2.45) is 11.3 Å². The van der Waals surface area contributed by atoms with E-state index in [0.29, 0.717) is 28.8 Å². The van der Waals surface area contributed by atoms with Gasteiger partial charge in [-0.05, 0) is 67.0 Å². The van der Waals surface area contributed by atoms with E-state index < -0.39 is 5.41 Å². The third-order valence-corrected chi connectivity index (χ3v) is 7.38. The molecule has 31 heavy (non-hydrogen) atoms. The van der Waals surface area contributed by atoms with Crippen LogP contribution in [0.4, 0.5) is 0 Å². The standard InChI is InChI=1S/C26H29Cl2NO2/c1-3-13-26(2)15-22(19-5-4-6-21(28)14-19)24(18-9-11-20(27)12-10-18)29(25(26)31)23(16-30)17-7-8-17/h3-6,9-12,14,17,22-24,30H,1,7-8,13,15-16H2,2H3/t22?,23?,24?,26-/m0/s1. The van der Waals surface area contributed by atoms with Gasteiger partial charge in [0.25, 0.3) is 0 Å². The topological polar surface area (TPSA) is 40.5 Å². The molecule has 4 atom stereocenters. The van der Waals surface area contributed by atoms with Crippen molar-refractivity contribution >= 4 is 29.1 Å². The lowest BCUT2D eigenvalue weighted by atomic mass is 9.67. The second-order valence-corrected chi connectivity index (χ2v) is 10.1. The maximum atomic E-state index is 14.0. The fourth-order valence-corrected chi connectivity index (χ4v) is 5.52. The molecule has 3 unspecified atom stereocenters. The van der Waals surface area contributed by atoms with Gasteiger partial charge in [-0.2, -0.15) is 0 Å². The average Bonchev–Trinajstić information content (AvgIpc) is 3.58. The van der Waals surface area contributed by atoms with E-state index >= 15 is 0 Å². The van der Waals surface area contributed by atoms with Crippen molar-refractivity contribution in [1.29, 1.82) is 0 Å². The number of likely N-dealkylation sites (tertiary alicyclic amines) is 1. The molecule has 0 spiro atoms. The molecule has 1 N–H and O–H groups in total.